The van der Waals surface area contributed by atoms with Gasteiger partial charge >= 0.3 is 12.2 Å². The number of rotatable bonds is 23. The lowest BCUT2D eigenvalue weighted by atomic mass is 9.55. The van der Waals surface area contributed by atoms with Crippen LogP contribution >= 0.6 is 0 Å². The van der Waals surface area contributed by atoms with E-state index in [-0.39, 0.29) is 62.7 Å². The van der Waals surface area contributed by atoms with Crippen molar-refractivity contribution in [3.8, 4) is 23.0 Å². The molecule has 1 heterocycles. The lowest BCUT2D eigenvalue weighted by Gasteiger charge is -2.59. The van der Waals surface area contributed by atoms with Crippen molar-refractivity contribution in [1.29, 1.82) is 0 Å². The number of benzene rings is 3. The van der Waals surface area contributed by atoms with Crippen molar-refractivity contribution in [2.24, 2.45) is 22.9 Å². The number of oxime groups is 1. The van der Waals surface area contributed by atoms with E-state index in [4.69, 9.17) is 38.4 Å². The molecule has 0 bridgehead atoms. The van der Waals surface area contributed by atoms with Gasteiger partial charge in [-0.25, -0.2) is 9.59 Å². The molecule has 3 aromatic carbocycles. The van der Waals surface area contributed by atoms with Gasteiger partial charge in [-0.3, -0.25) is 15.4 Å². The zero-order valence-electron chi connectivity index (χ0n) is 37.7. The number of amides is 2. The fraction of sp³-hybridized carbons (Fsp3) is 0.449. The molecule has 6 rings (SSSR count). The number of hydrogen-bond donors (Lipinski definition) is 3. The Kier molecular flexibility index (Phi) is 17.2. The van der Waals surface area contributed by atoms with Crippen molar-refractivity contribution in [2.45, 2.75) is 75.7 Å². The van der Waals surface area contributed by atoms with Crippen LogP contribution in [0, 0.1) is 27.9 Å². The summed E-state index contributed by atoms with van der Waals surface area (Å²) >= 11 is 0. The number of nitrogens with one attached hydrogen (secondary N) is 1. The predicted molar refractivity (Wildman–Crippen MR) is 246 cm³/mol. The fourth-order valence-corrected chi connectivity index (χ4v) is 9.29. The quantitative estimate of drug-likeness (QED) is 0.0352. The van der Waals surface area contributed by atoms with Gasteiger partial charge in [0.1, 0.15) is 35.6 Å². The maximum Gasteiger partial charge on any atom is 0.417 e. The molecule has 66 heavy (non-hydrogen) atoms. The molecular formula is C49H60N4O13. The third-order valence-electron chi connectivity index (χ3n) is 12.4. The average molecular weight is 913 g/mol. The highest BCUT2D eigenvalue weighted by atomic mass is 16.7. The molecule has 1 fully saturated rings. The Labute approximate surface area is 384 Å². The Balaban J connectivity index is 1.49. The molecular weight excluding hydrogens is 853 g/mol. The first-order chi connectivity index (χ1) is 32.0. The van der Waals surface area contributed by atoms with Crippen LogP contribution in [0.1, 0.15) is 68.4 Å². The van der Waals surface area contributed by atoms with Crippen molar-refractivity contribution in [3.05, 3.63) is 119 Å². The van der Waals surface area contributed by atoms with E-state index in [9.17, 15) is 29.9 Å². The van der Waals surface area contributed by atoms with Crippen LogP contribution < -0.4 is 24.3 Å². The topological polar surface area (TPSA) is 210 Å². The molecule has 0 aromatic heterocycles. The summed E-state index contributed by atoms with van der Waals surface area (Å²) < 4.78 is 36.5. The van der Waals surface area contributed by atoms with Crippen LogP contribution in [0.2, 0.25) is 0 Å². The third kappa shape index (κ3) is 11.1. The highest BCUT2D eigenvalue weighted by molar-refractivity contribution is 6.03. The van der Waals surface area contributed by atoms with E-state index in [1.807, 2.05) is 0 Å². The SMILES string of the molecule is C=CCCOC(=O)N(C)C1CC(=NOCc2ccc([N+](=O)[O-])cc2)C2=CC(CCCCO)C(CCCCO)C3c4cc(OC(=O)Nc5ccc(OC)cc5OC)ccc4OC1(OCC=C)C23. The van der Waals surface area contributed by atoms with Gasteiger partial charge in [-0.2, -0.15) is 0 Å². The van der Waals surface area contributed by atoms with Crippen LogP contribution in [0.4, 0.5) is 21.0 Å². The molecule has 0 saturated heterocycles. The summed E-state index contributed by atoms with van der Waals surface area (Å²) in [7, 11) is 4.64. The molecule has 6 unspecified atom stereocenters. The maximum absolute atomic E-state index is 14.0. The molecule has 3 aliphatic rings. The Morgan fingerprint density at radius 2 is 1.73 bits per heavy atom. The number of methoxy groups -OCH3 is 2. The number of carbonyl (C=O) groups excluding carboxylic acids is 2. The Bertz CT molecular complexity index is 2250. The van der Waals surface area contributed by atoms with E-state index in [0.29, 0.717) is 72.7 Å². The number of likely N-dealkylation sites (N-methyl/N-ethyl adjacent to an activating group) is 1. The Morgan fingerprint density at radius 1 is 0.985 bits per heavy atom. The summed E-state index contributed by atoms with van der Waals surface area (Å²) in [5.41, 5.74) is 3.03. The maximum atomic E-state index is 14.0. The lowest BCUT2D eigenvalue weighted by molar-refractivity contribution is -0.384. The number of carbonyl (C=O) groups is 2. The number of ether oxygens (including phenoxy) is 6. The molecule has 17 heteroatoms. The zero-order chi connectivity index (χ0) is 47.2. The number of fused-ring (bicyclic) bond motifs is 2. The number of non-ortho nitro benzene ring substituents is 1. The summed E-state index contributed by atoms with van der Waals surface area (Å²) in [5, 5.41) is 38.7. The smallest absolute Gasteiger partial charge is 0.417 e. The van der Waals surface area contributed by atoms with Gasteiger partial charge in [0.2, 0.25) is 5.79 Å². The molecule has 3 aromatic rings. The van der Waals surface area contributed by atoms with Crippen LogP contribution in [0.25, 0.3) is 0 Å². The van der Waals surface area contributed by atoms with Gasteiger partial charge in [-0.05, 0) is 97.5 Å². The number of nitro groups is 1. The minimum atomic E-state index is -1.54. The monoisotopic (exact) mass is 912 g/mol. The van der Waals surface area contributed by atoms with E-state index < -0.39 is 40.8 Å². The second-order valence-electron chi connectivity index (χ2n) is 16.4. The van der Waals surface area contributed by atoms with E-state index in [0.717, 1.165) is 17.6 Å². The molecule has 0 spiro atoms. The molecule has 17 nitrogen and oxygen atoms in total. The summed E-state index contributed by atoms with van der Waals surface area (Å²) in [6.45, 7) is 7.90. The number of hydrogen-bond acceptors (Lipinski definition) is 14. The summed E-state index contributed by atoms with van der Waals surface area (Å²) in [6.07, 6.45) is 8.63. The number of nitrogens with zero attached hydrogens (tertiary/aromatic N) is 3. The van der Waals surface area contributed by atoms with Gasteiger partial charge < -0.3 is 48.4 Å². The summed E-state index contributed by atoms with van der Waals surface area (Å²) in [5.74, 6) is -1.15. The minimum Gasteiger partial charge on any atom is -0.497 e. The van der Waals surface area contributed by atoms with Crippen molar-refractivity contribution < 1.29 is 58.0 Å². The van der Waals surface area contributed by atoms with Gasteiger partial charge in [0.05, 0.1) is 49.7 Å². The van der Waals surface area contributed by atoms with Crippen LogP contribution in [-0.2, 0) is 20.9 Å². The first-order valence-corrected chi connectivity index (χ1v) is 22.2. The number of nitro benzene ring substituents is 1. The second kappa shape index (κ2) is 23.2. The fourth-order valence-electron chi connectivity index (χ4n) is 9.29. The number of allylic oxidation sites excluding steroid dienone is 1. The Morgan fingerprint density at radius 3 is 2.41 bits per heavy atom. The molecule has 1 saturated carbocycles. The number of unbranched alkanes of at least 4 members (excludes halogenated alkanes) is 2. The Hall–Kier alpha value is -6.43. The van der Waals surface area contributed by atoms with E-state index in [2.05, 4.69) is 24.6 Å². The zero-order valence-corrected chi connectivity index (χ0v) is 37.7. The van der Waals surface area contributed by atoms with Gasteiger partial charge in [0.15, 0.2) is 0 Å². The van der Waals surface area contributed by atoms with Crippen LogP contribution in [0.5, 0.6) is 23.0 Å². The van der Waals surface area contributed by atoms with Crippen molar-refractivity contribution >= 4 is 29.3 Å². The number of aliphatic hydroxyl groups excluding tert-OH is 2. The van der Waals surface area contributed by atoms with Gasteiger partial charge in [0.25, 0.3) is 5.69 Å². The second-order valence-corrected chi connectivity index (χ2v) is 16.4. The van der Waals surface area contributed by atoms with Crippen LogP contribution in [0.15, 0.2) is 103 Å². The molecule has 6 atom stereocenters. The van der Waals surface area contributed by atoms with Gasteiger partial charge in [0, 0.05) is 56.4 Å². The highest BCUT2D eigenvalue weighted by Crippen LogP contribution is 2.62. The van der Waals surface area contributed by atoms with Crippen LogP contribution in [-0.4, -0.2) is 97.5 Å². The number of anilines is 1. The van der Waals surface area contributed by atoms with Crippen LogP contribution in [0.3, 0.4) is 0 Å². The van der Waals surface area contributed by atoms with Crippen molar-refractivity contribution in [3.63, 3.8) is 0 Å². The first-order valence-electron chi connectivity index (χ1n) is 22.2. The normalized spacial score (nSPS) is 22.0. The highest BCUT2D eigenvalue weighted by Gasteiger charge is 2.65. The average Bonchev–Trinajstić information content (AvgIpc) is 3.32. The molecule has 2 aliphatic carbocycles. The minimum absolute atomic E-state index is 0.000707. The van der Waals surface area contributed by atoms with E-state index >= 15 is 0 Å². The van der Waals surface area contributed by atoms with E-state index in [1.165, 1.54) is 31.3 Å². The number of aliphatic hydroxyl groups is 2. The van der Waals surface area contributed by atoms with Gasteiger partial charge in [-0.1, -0.05) is 36.2 Å². The van der Waals surface area contributed by atoms with E-state index in [1.54, 1.807) is 67.7 Å². The summed E-state index contributed by atoms with van der Waals surface area (Å²) in [4.78, 5) is 45.9. The third-order valence-corrected chi connectivity index (χ3v) is 12.4. The molecule has 354 valence electrons. The largest absolute Gasteiger partial charge is 0.497 e. The molecule has 3 N–H and O–H groups in total. The molecule has 2 amide bonds. The first kappa shape index (κ1) is 49.0. The molecule has 0 radical (unpaired) electrons. The standard InChI is InChI=1S/C49H60N4O13/c1-6-8-26-62-48(57)52(3)44-30-41(51-64-31-32-15-17-34(18-16-32)53(58)59)38-27-33(13-9-11-23-54)37(14-10-12-24-55)45-39-28-36(20-22-42(39)66-49(44,46(38)45)63-25-7-2)65-47(56)50-40-21-19-35(60-4)29-43(40)61-5/h6-7,15-22,27-29,33,37,44-46,54-55H,1-2,8-14,23-26,30-31H2,3-5H3,(H,50,56). The molecule has 1 aliphatic heterocycles. The van der Waals surface area contributed by atoms with Gasteiger partial charge in [-0.15, -0.1) is 13.2 Å². The van der Waals surface area contributed by atoms with Crippen molar-refractivity contribution in [2.75, 3.05) is 53.0 Å². The van der Waals surface area contributed by atoms with Crippen molar-refractivity contribution in [1.82, 2.24) is 4.90 Å². The predicted octanol–water partition coefficient (Wildman–Crippen LogP) is 8.70. The lowest BCUT2D eigenvalue weighted by Crippen LogP contribution is -2.69. The summed E-state index contributed by atoms with van der Waals surface area (Å²) in [6, 6.07) is 15.3.